The molecule has 2 rings (SSSR count). The van der Waals surface area contributed by atoms with E-state index >= 15 is 0 Å². The van der Waals surface area contributed by atoms with Gasteiger partial charge in [0.25, 0.3) is 0 Å². The van der Waals surface area contributed by atoms with Crippen LogP contribution in [-0.2, 0) is 4.74 Å². The first-order chi connectivity index (χ1) is 8.35. The Bertz CT molecular complexity index is 502. The van der Waals surface area contributed by atoms with Crippen molar-refractivity contribution in [1.82, 2.24) is 9.97 Å². The fourth-order valence-corrected chi connectivity index (χ4v) is 1.49. The van der Waals surface area contributed by atoms with Gasteiger partial charge in [0.05, 0.1) is 30.8 Å². The minimum absolute atomic E-state index is 0.492. The Labute approximate surface area is 99.4 Å². The van der Waals surface area contributed by atoms with Gasteiger partial charge in [0.2, 0.25) is 5.88 Å². The number of hydrogen-bond donors (Lipinski definition) is 0. The second-order valence-electron chi connectivity index (χ2n) is 3.40. The Morgan fingerprint density at radius 1 is 1.18 bits per heavy atom. The van der Waals surface area contributed by atoms with Crippen molar-refractivity contribution in [1.29, 1.82) is 0 Å². The zero-order chi connectivity index (χ0) is 12.1. The van der Waals surface area contributed by atoms with E-state index in [2.05, 4.69) is 9.97 Å². The molecule has 0 aromatic carbocycles. The lowest BCUT2D eigenvalue weighted by molar-refractivity contribution is 0.146. The van der Waals surface area contributed by atoms with E-state index in [-0.39, 0.29) is 0 Å². The molecule has 0 amide bonds. The SMILES string of the molecule is COCCOc1cnc2ccnc(OC)c2c1. The monoisotopic (exact) mass is 234 g/mol. The highest BCUT2D eigenvalue weighted by atomic mass is 16.5. The Hall–Kier alpha value is -1.88. The lowest BCUT2D eigenvalue weighted by Gasteiger charge is -2.07. The molecule has 0 spiro atoms. The smallest absolute Gasteiger partial charge is 0.222 e. The predicted octanol–water partition coefficient (Wildman–Crippen LogP) is 1.66. The Kier molecular flexibility index (Phi) is 3.72. The molecule has 90 valence electrons. The first-order valence-electron chi connectivity index (χ1n) is 5.25. The molecule has 0 aliphatic rings. The van der Waals surface area contributed by atoms with Gasteiger partial charge in [-0.2, -0.15) is 0 Å². The molecule has 0 aliphatic heterocycles. The zero-order valence-corrected chi connectivity index (χ0v) is 9.84. The van der Waals surface area contributed by atoms with Crippen molar-refractivity contribution in [2.24, 2.45) is 0 Å². The van der Waals surface area contributed by atoms with Crippen molar-refractivity contribution in [2.75, 3.05) is 27.4 Å². The fraction of sp³-hybridized carbons (Fsp3) is 0.333. The van der Waals surface area contributed by atoms with E-state index in [1.54, 1.807) is 26.6 Å². The molecular formula is C12H14N2O3. The Morgan fingerprint density at radius 3 is 2.82 bits per heavy atom. The topological polar surface area (TPSA) is 53.5 Å². The summed E-state index contributed by atoms with van der Waals surface area (Å²) in [5.74, 6) is 1.23. The van der Waals surface area contributed by atoms with E-state index in [0.717, 1.165) is 10.9 Å². The molecule has 0 saturated carbocycles. The lowest BCUT2D eigenvalue weighted by atomic mass is 10.2. The van der Waals surface area contributed by atoms with E-state index < -0.39 is 0 Å². The third-order valence-corrected chi connectivity index (χ3v) is 2.30. The van der Waals surface area contributed by atoms with Gasteiger partial charge in [0, 0.05) is 13.3 Å². The third-order valence-electron chi connectivity index (χ3n) is 2.30. The molecular weight excluding hydrogens is 220 g/mol. The van der Waals surface area contributed by atoms with E-state index in [1.807, 2.05) is 12.1 Å². The minimum atomic E-state index is 0.492. The van der Waals surface area contributed by atoms with Crippen LogP contribution in [0.1, 0.15) is 0 Å². The highest BCUT2D eigenvalue weighted by molar-refractivity contribution is 5.84. The first kappa shape index (κ1) is 11.6. The molecule has 0 aliphatic carbocycles. The number of aromatic nitrogens is 2. The molecule has 0 N–H and O–H groups in total. The molecule has 17 heavy (non-hydrogen) atoms. The molecule has 0 atom stereocenters. The highest BCUT2D eigenvalue weighted by Crippen LogP contribution is 2.24. The minimum Gasteiger partial charge on any atom is -0.490 e. The standard InChI is InChI=1S/C12H14N2O3/c1-15-5-6-17-9-7-10-11(14-8-9)3-4-13-12(10)16-2/h3-4,7-8H,5-6H2,1-2H3. The summed E-state index contributed by atoms with van der Waals surface area (Å²) in [6, 6.07) is 3.70. The average Bonchev–Trinajstić information content (AvgIpc) is 2.38. The third kappa shape index (κ3) is 2.62. The summed E-state index contributed by atoms with van der Waals surface area (Å²) in [5.41, 5.74) is 0.830. The van der Waals surface area contributed by atoms with Crippen LogP contribution in [-0.4, -0.2) is 37.4 Å². The van der Waals surface area contributed by atoms with Crippen LogP contribution in [0.2, 0.25) is 0 Å². The second kappa shape index (κ2) is 5.45. The molecule has 2 aromatic rings. The van der Waals surface area contributed by atoms with Crippen molar-refractivity contribution >= 4 is 10.9 Å². The van der Waals surface area contributed by atoms with Gasteiger partial charge in [-0.05, 0) is 12.1 Å². The highest BCUT2D eigenvalue weighted by Gasteiger charge is 2.05. The van der Waals surface area contributed by atoms with Crippen LogP contribution in [0.4, 0.5) is 0 Å². The molecule has 0 bridgehead atoms. The van der Waals surface area contributed by atoms with Crippen LogP contribution >= 0.6 is 0 Å². The van der Waals surface area contributed by atoms with Crippen molar-refractivity contribution in [2.45, 2.75) is 0 Å². The summed E-state index contributed by atoms with van der Waals surface area (Å²) in [6.07, 6.45) is 3.34. The molecule has 0 radical (unpaired) electrons. The summed E-state index contributed by atoms with van der Waals surface area (Å²) in [4.78, 5) is 8.40. The summed E-state index contributed by atoms with van der Waals surface area (Å²) in [7, 11) is 3.22. The molecule has 5 nitrogen and oxygen atoms in total. The quantitative estimate of drug-likeness (QED) is 0.736. The fourth-order valence-electron chi connectivity index (χ4n) is 1.49. The van der Waals surface area contributed by atoms with E-state index in [0.29, 0.717) is 24.8 Å². The van der Waals surface area contributed by atoms with Gasteiger partial charge in [-0.1, -0.05) is 0 Å². The van der Waals surface area contributed by atoms with Crippen LogP contribution in [0.25, 0.3) is 10.9 Å². The van der Waals surface area contributed by atoms with Gasteiger partial charge in [-0.25, -0.2) is 4.98 Å². The Balaban J connectivity index is 2.28. The molecule has 2 aromatic heterocycles. The number of rotatable bonds is 5. The van der Waals surface area contributed by atoms with E-state index in [4.69, 9.17) is 14.2 Å². The number of methoxy groups -OCH3 is 2. The van der Waals surface area contributed by atoms with Crippen molar-refractivity contribution in [3.63, 3.8) is 0 Å². The molecule has 2 heterocycles. The molecule has 0 fully saturated rings. The maximum atomic E-state index is 5.48. The van der Waals surface area contributed by atoms with Crippen LogP contribution in [0.15, 0.2) is 24.5 Å². The van der Waals surface area contributed by atoms with Gasteiger partial charge in [0.1, 0.15) is 12.4 Å². The zero-order valence-electron chi connectivity index (χ0n) is 9.84. The maximum absolute atomic E-state index is 5.48. The number of nitrogens with zero attached hydrogens (tertiary/aromatic N) is 2. The Morgan fingerprint density at radius 2 is 2.06 bits per heavy atom. The van der Waals surface area contributed by atoms with Crippen LogP contribution < -0.4 is 9.47 Å². The van der Waals surface area contributed by atoms with Crippen molar-refractivity contribution < 1.29 is 14.2 Å². The van der Waals surface area contributed by atoms with Gasteiger partial charge < -0.3 is 14.2 Å². The van der Waals surface area contributed by atoms with Gasteiger partial charge >= 0.3 is 0 Å². The number of ether oxygens (including phenoxy) is 3. The van der Waals surface area contributed by atoms with Crippen LogP contribution in [0, 0.1) is 0 Å². The number of fused-ring (bicyclic) bond motifs is 1. The predicted molar refractivity (Wildman–Crippen MR) is 63.5 cm³/mol. The van der Waals surface area contributed by atoms with E-state index in [1.165, 1.54) is 0 Å². The summed E-state index contributed by atoms with van der Waals surface area (Å²) in [5, 5.41) is 0.838. The first-order valence-corrected chi connectivity index (χ1v) is 5.25. The number of hydrogen-bond acceptors (Lipinski definition) is 5. The molecule has 5 heteroatoms. The summed E-state index contributed by atoms with van der Waals surface area (Å²) < 4.78 is 15.6. The molecule has 0 saturated heterocycles. The largest absolute Gasteiger partial charge is 0.490 e. The average molecular weight is 234 g/mol. The van der Waals surface area contributed by atoms with Crippen molar-refractivity contribution in [3.05, 3.63) is 24.5 Å². The van der Waals surface area contributed by atoms with Crippen LogP contribution in [0.3, 0.4) is 0 Å². The number of pyridine rings is 2. The lowest BCUT2D eigenvalue weighted by Crippen LogP contribution is -2.04. The van der Waals surface area contributed by atoms with Gasteiger partial charge in [-0.3, -0.25) is 4.98 Å². The second-order valence-corrected chi connectivity index (χ2v) is 3.40. The van der Waals surface area contributed by atoms with Crippen molar-refractivity contribution in [3.8, 4) is 11.6 Å². The summed E-state index contributed by atoms with van der Waals surface area (Å²) in [6.45, 7) is 1.04. The van der Waals surface area contributed by atoms with E-state index in [9.17, 15) is 0 Å². The van der Waals surface area contributed by atoms with Crippen LogP contribution in [0.5, 0.6) is 11.6 Å². The molecule has 0 unspecified atom stereocenters. The maximum Gasteiger partial charge on any atom is 0.222 e. The van der Waals surface area contributed by atoms with Gasteiger partial charge in [-0.15, -0.1) is 0 Å². The normalized spacial score (nSPS) is 10.5. The van der Waals surface area contributed by atoms with Gasteiger partial charge in [0.15, 0.2) is 0 Å². The summed E-state index contributed by atoms with van der Waals surface area (Å²) >= 11 is 0.